The molecule has 0 spiro atoms. The van der Waals surface area contributed by atoms with Gasteiger partial charge >= 0.3 is 0 Å². The van der Waals surface area contributed by atoms with Crippen LogP contribution in [0.15, 0.2) is 71.9 Å². The van der Waals surface area contributed by atoms with Crippen LogP contribution in [0.25, 0.3) is 10.9 Å². The van der Waals surface area contributed by atoms with Crippen LogP contribution in [-0.2, 0) is 14.2 Å². The molecule has 49 heavy (non-hydrogen) atoms. The van der Waals surface area contributed by atoms with Crippen molar-refractivity contribution in [1.29, 1.82) is 0 Å². The summed E-state index contributed by atoms with van der Waals surface area (Å²) in [5, 5.41) is 16.5. The number of carbonyl (C=O) groups is 2. The molecule has 1 aliphatic carbocycles. The third kappa shape index (κ3) is 8.57. The fourth-order valence-electron chi connectivity index (χ4n) is 5.03. The molecular weight excluding hydrogens is 765 g/mol. The van der Waals surface area contributed by atoms with Gasteiger partial charge in [-0.25, -0.2) is 4.39 Å². The van der Waals surface area contributed by atoms with E-state index in [0.717, 1.165) is 3.57 Å². The Hall–Kier alpha value is -4.49. The number of carbonyl (C=O) groups excluding carboxylic acids is 2. The first-order chi connectivity index (χ1) is 23.7. The van der Waals surface area contributed by atoms with E-state index < -0.39 is 43.8 Å². The number of benzene rings is 3. The third-order valence-corrected chi connectivity index (χ3v) is 10.0. The fraction of sp³-hybridized carbons (Fsp3) is 0.286. The summed E-state index contributed by atoms with van der Waals surface area (Å²) in [4.78, 5) is 35.4. The molecule has 1 saturated carbocycles. The minimum Gasteiger partial charge on any atom is -0.861 e. The quantitative estimate of drug-likeness (QED) is 0.0429. The molecule has 5 rings (SSSR count). The second kappa shape index (κ2) is 16.3. The number of nitrogens with one attached hydrogen (secondary N) is 1. The van der Waals surface area contributed by atoms with Crippen molar-refractivity contribution in [2.24, 2.45) is 10.4 Å². The molecule has 1 N–H and O–H groups in total. The maximum Gasteiger partial charge on any atom is 0.235 e. The summed E-state index contributed by atoms with van der Waals surface area (Å²) in [6.07, 6.45) is 3.40. The van der Waals surface area contributed by atoms with E-state index in [1.807, 2.05) is 0 Å². The van der Waals surface area contributed by atoms with E-state index in [1.165, 1.54) is 31.4 Å². The Morgan fingerprint density at radius 3 is 2.55 bits per heavy atom. The molecule has 11 nitrogen and oxygen atoms in total. The van der Waals surface area contributed by atoms with Crippen LogP contribution in [-0.4, -0.2) is 58.7 Å². The number of anilines is 1. The smallest absolute Gasteiger partial charge is 0.235 e. The third-order valence-electron chi connectivity index (χ3n) is 7.91. The first kappa shape index (κ1) is 35.8. The summed E-state index contributed by atoms with van der Waals surface area (Å²) in [5.74, 6) is 0.555. The van der Waals surface area contributed by atoms with Crippen molar-refractivity contribution in [3.8, 4) is 23.0 Å². The van der Waals surface area contributed by atoms with Gasteiger partial charge in [-0.05, 0) is 79.8 Å². The molecule has 0 aliphatic heterocycles. The van der Waals surface area contributed by atoms with Gasteiger partial charge in [0.15, 0.2) is 20.0 Å². The van der Waals surface area contributed by atoms with E-state index in [9.17, 15) is 23.7 Å². The van der Waals surface area contributed by atoms with Crippen molar-refractivity contribution in [2.75, 3.05) is 31.9 Å². The molecule has 1 aromatic heterocycles. The Morgan fingerprint density at radius 1 is 1.10 bits per heavy atom. The molecule has 4 aromatic rings. The Balaban J connectivity index is 1.28. The van der Waals surface area contributed by atoms with Gasteiger partial charge in [-0.1, -0.05) is 32.2 Å². The minimum absolute atomic E-state index is 0.0682. The van der Waals surface area contributed by atoms with Gasteiger partial charge in [0.2, 0.25) is 11.8 Å². The van der Waals surface area contributed by atoms with Gasteiger partial charge in [-0.2, -0.15) is 0 Å². The van der Waals surface area contributed by atoms with Gasteiger partial charge in [0.25, 0.3) is 0 Å². The molecule has 0 atom stereocenters. The number of methoxy groups -OCH3 is 1. The van der Waals surface area contributed by atoms with Gasteiger partial charge in [-0.15, -0.1) is 0 Å². The number of amides is 2. The van der Waals surface area contributed by atoms with Gasteiger partial charge in [0.05, 0.1) is 33.9 Å². The molecule has 0 radical (unpaired) electrons. The van der Waals surface area contributed by atoms with Crippen LogP contribution in [0.1, 0.15) is 32.6 Å². The number of rotatable bonds is 16. The molecule has 1 heterocycles. The predicted molar refractivity (Wildman–Crippen MR) is 193 cm³/mol. The van der Waals surface area contributed by atoms with Gasteiger partial charge < -0.3 is 29.5 Å². The van der Waals surface area contributed by atoms with Gasteiger partial charge in [0.1, 0.15) is 23.6 Å². The second-order valence-electron chi connectivity index (χ2n) is 11.1. The lowest BCUT2D eigenvalue weighted by Crippen LogP contribution is -2.38. The number of hydrogen-bond donors (Lipinski definition) is 1. The maximum atomic E-state index is 13.2. The number of nitrogens with zero attached hydrogens (tertiary/aromatic N) is 3. The normalized spacial score (nSPS) is 13.6. The first-order valence-corrected chi connectivity index (χ1v) is 19.0. The fourth-order valence-corrected chi connectivity index (χ4v) is 6.69. The van der Waals surface area contributed by atoms with Crippen LogP contribution in [0.5, 0.6) is 23.0 Å². The number of aromatic nitrogens is 1. The van der Waals surface area contributed by atoms with Crippen LogP contribution in [0.2, 0.25) is 0 Å². The molecule has 0 bridgehead atoms. The van der Waals surface area contributed by atoms with E-state index in [2.05, 4.69) is 19.8 Å². The molecule has 0 unspecified atom stereocenters. The molecule has 3 aromatic carbocycles. The van der Waals surface area contributed by atoms with E-state index >= 15 is 0 Å². The minimum atomic E-state index is -1.24. The Bertz CT molecular complexity index is 1900. The van der Waals surface area contributed by atoms with Crippen LogP contribution < -0.4 is 24.6 Å². The lowest BCUT2D eigenvalue weighted by molar-refractivity contribution is -0.224. The Kier molecular flexibility index (Phi) is 11.9. The summed E-state index contributed by atoms with van der Waals surface area (Å²) >= 11 is -0.743. The molecule has 0 saturated heterocycles. The summed E-state index contributed by atoms with van der Waals surface area (Å²) in [7, 11) is 1.42. The van der Waals surface area contributed by atoms with E-state index in [1.54, 1.807) is 54.4 Å². The largest absolute Gasteiger partial charge is 0.861 e. The van der Waals surface area contributed by atoms with E-state index in [4.69, 9.17) is 14.2 Å². The van der Waals surface area contributed by atoms with Crippen molar-refractivity contribution in [3.05, 3.63) is 76.2 Å². The lowest BCUT2D eigenvalue weighted by Gasteiger charge is -2.22. The lowest BCUT2D eigenvalue weighted by atomic mass is 10.1. The number of pyridine rings is 1. The molecular formula is C35H34FIN4O7P-. The van der Waals surface area contributed by atoms with E-state index in [0.29, 0.717) is 84.1 Å². The Morgan fingerprint density at radius 2 is 1.88 bits per heavy atom. The zero-order valence-corrected chi connectivity index (χ0v) is 30.0. The molecule has 2 amide bonds. The average molecular weight is 800 g/mol. The number of aliphatic imine (C=N–C) groups is 1. The number of ether oxygens (including phenoxy) is 3. The second-order valence-corrected chi connectivity index (χ2v) is 13.6. The van der Waals surface area contributed by atoms with Crippen LogP contribution in [0, 0.1) is 14.8 Å². The first-order valence-electron chi connectivity index (χ1n) is 15.4. The number of hydrogen-bond acceptors (Lipinski definition) is 9. The van der Waals surface area contributed by atoms with Crippen LogP contribution in [0.4, 0.5) is 15.8 Å². The highest BCUT2D eigenvalue weighted by molar-refractivity contribution is 14.2. The van der Waals surface area contributed by atoms with Crippen LogP contribution in [0.3, 0.4) is 0 Å². The maximum absolute atomic E-state index is 13.2. The predicted octanol–water partition coefficient (Wildman–Crippen LogP) is 6.81. The highest BCUT2D eigenvalue weighted by Gasteiger charge is 2.50. The van der Waals surface area contributed by atoms with Crippen molar-refractivity contribution < 1.29 is 37.9 Å². The zero-order chi connectivity index (χ0) is 35.0. The molecule has 14 heteroatoms. The van der Waals surface area contributed by atoms with Gasteiger partial charge in [-0.3, -0.25) is 24.1 Å². The van der Waals surface area contributed by atoms with Crippen molar-refractivity contribution in [2.45, 2.75) is 32.6 Å². The zero-order valence-electron chi connectivity index (χ0n) is 26.9. The van der Waals surface area contributed by atoms with Gasteiger partial charge in [0, 0.05) is 36.3 Å². The van der Waals surface area contributed by atoms with Crippen LogP contribution >= 0.6 is 29.2 Å². The SMILES string of the molecule is C=Ic1cc(NC(=O)C2(C([O-])=Nc3ccc(F)cc3)CC2)ccc1Oc1ccnc2cc(OCCCN(CP=O)C(=O)CC)c(OC)cc12. The number of halogens is 2. The Labute approximate surface area is 294 Å². The van der Waals surface area contributed by atoms with Crippen molar-refractivity contribution >= 4 is 73.7 Å². The van der Waals surface area contributed by atoms with Crippen molar-refractivity contribution in [1.82, 2.24) is 9.88 Å². The highest BCUT2D eigenvalue weighted by Crippen LogP contribution is 2.47. The highest BCUT2D eigenvalue weighted by atomic mass is 127. The summed E-state index contributed by atoms with van der Waals surface area (Å²) < 4.78 is 47.2. The summed E-state index contributed by atoms with van der Waals surface area (Å²) in [6.45, 7) is 2.49. The monoisotopic (exact) mass is 799 g/mol. The standard InChI is InChI=1S/C35H35FIN4O7P/c1-4-32(42)41(21-49-45)16-5-17-47-31-20-27-25(19-30(31)46-3)28(12-15-38-27)48-29-11-10-24(18-26(29)37-2)40-34(44)35(13-14-35)33(43)39-23-8-6-22(36)7-9-23/h6-12,15,18-20H,2,4-5,13-14,16-17,21H2,1,3H3,(H,39,43)(H,40,44)/p-1. The average Bonchev–Trinajstić information content (AvgIpc) is 3.93. The summed E-state index contributed by atoms with van der Waals surface area (Å²) in [5.41, 5.74) is 0.171. The topological polar surface area (TPSA) is 142 Å². The number of fused-ring (bicyclic) bond motifs is 1. The van der Waals surface area contributed by atoms with E-state index in [-0.39, 0.29) is 20.7 Å². The molecule has 1 aliphatic rings. The molecule has 1 fully saturated rings. The van der Waals surface area contributed by atoms with Crippen molar-refractivity contribution in [3.63, 3.8) is 0 Å². The molecule has 256 valence electrons. The summed E-state index contributed by atoms with van der Waals surface area (Å²) in [6, 6.07) is 15.8.